The van der Waals surface area contributed by atoms with Crippen LogP contribution in [0.25, 0.3) is 33.6 Å². The van der Waals surface area contributed by atoms with Gasteiger partial charge in [-0.15, -0.1) is 4.67 Å². The number of aromatic nitrogens is 4. The van der Waals surface area contributed by atoms with Gasteiger partial charge in [0.05, 0.1) is 43.0 Å². The van der Waals surface area contributed by atoms with Crippen LogP contribution in [0.5, 0.6) is 5.75 Å². The number of aliphatic hydroxyl groups excluding tert-OH is 1. The van der Waals surface area contributed by atoms with Gasteiger partial charge in [0.15, 0.2) is 6.79 Å². The van der Waals surface area contributed by atoms with Crippen LogP contribution in [0, 0.1) is 5.92 Å². The third kappa shape index (κ3) is 11.2. The highest BCUT2D eigenvalue weighted by atomic mass is 31.2. The zero-order valence-corrected chi connectivity index (χ0v) is 36.8. The molecule has 0 aliphatic carbocycles. The maximum atomic E-state index is 14.1. The highest BCUT2D eigenvalue weighted by molar-refractivity contribution is 7.47. The summed E-state index contributed by atoms with van der Waals surface area (Å²) in [5, 5.41) is 23.0. The van der Waals surface area contributed by atoms with Crippen molar-refractivity contribution in [2.75, 3.05) is 27.0 Å². The summed E-state index contributed by atoms with van der Waals surface area (Å²) >= 11 is 0. The van der Waals surface area contributed by atoms with Crippen molar-refractivity contribution in [1.29, 1.82) is 0 Å². The number of nitrogens with one attached hydrogen (secondary N) is 4. The molecule has 3 aromatic carbocycles. The third-order valence-electron chi connectivity index (χ3n) is 11.4. The molecule has 7 N–H and O–H groups in total. The lowest BCUT2D eigenvalue weighted by molar-refractivity contribution is -0.264. The fourth-order valence-electron chi connectivity index (χ4n) is 8.21. The topological polar surface area (TPSA) is 271 Å². The Morgan fingerprint density at radius 1 is 0.785 bits per heavy atom. The molecule has 7 rings (SSSR count). The molecular formula is C44H51N8O12P. The lowest BCUT2D eigenvalue weighted by Crippen LogP contribution is -2.50. The van der Waals surface area contributed by atoms with Crippen molar-refractivity contribution in [1.82, 2.24) is 40.4 Å². The number of hydrogen-bond donors (Lipinski definition) is 7. The number of benzene rings is 3. The van der Waals surface area contributed by atoms with E-state index in [0.29, 0.717) is 36.7 Å². The molecule has 2 aliphatic heterocycles. The Labute approximate surface area is 373 Å². The molecule has 0 saturated carbocycles. The Morgan fingerprint density at radius 3 is 1.77 bits per heavy atom. The predicted octanol–water partition coefficient (Wildman–Crippen LogP) is 6.10. The number of phosphoric ester groups is 1. The van der Waals surface area contributed by atoms with Gasteiger partial charge >= 0.3 is 20.0 Å². The normalized spacial score (nSPS) is 17.9. The molecular weight excluding hydrogens is 864 g/mol. The van der Waals surface area contributed by atoms with Crippen molar-refractivity contribution in [3.05, 3.63) is 102 Å². The minimum absolute atomic E-state index is 0.0382. The Hall–Kier alpha value is -6.57. The van der Waals surface area contributed by atoms with Crippen LogP contribution >= 0.6 is 7.82 Å². The number of carboxylic acid groups (broad SMARTS) is 1. The van der Waals surface area contributed by atoms with E-state index in [9.17, 15) is 33.7 Å². The number of aliphatic hydroxyl groups is 1. The SMILES string of the molecule is COC(=O)N[C@@H](Cc1ccc(OP(=O)(O)OOCO)cc1)C(=O)N1CCC[C@H]1c1ncc(-c2ccc(-c3ccc(-c4cnc([C@@H]5CCCN5C(=O)[C@@H](NC(=O)O)C(C)C)[nH]4)cc3)cc2)[nH]1. The summed E-state index contributed by atoms with van der Waals surface area (Å²) in [6.45, 7) is 3.64. The summed E-state index contributed by atoms with van der Waals surface area (Å²) in [6.07, 6.45) is 4.41. The molecule has 5 aromatic rings. The molecule has 2 aromatic heterocycles. The highest BCUT2D eigenvalue weighted by Gasteiger charge is 2.38. The number of hydrogen-bond acceptors (Lipinski definition) is 12. The molecule has 65 heavy (non-hydrogen) atoms. The molecule has 0 bridgehead atoms. The molecule has 1 unspecified atom stereocenters. The summed E-state index contributed by atoms with van der Waals surface area (Å²) in [5.41, 5.74) is 5.98. The first-order valence-corrected chi connectivity index (χ1v) is 22.5. The van der Waals surface area contributed by atoms with Gasteiger partial charge in [-0.3, -0.25) is 14.5 Å². The molecule has 0 spiro atoms. The van der Waals surface area contributed by atoms with Gasteiger partial charge in [0, 0.05) is 19.5 Å². The second kappa shape index (κ2) is 20.5. The van der Waals surface area contributed by atoms with Crippen LogP contribution in [0.1, 0.15) is 68.8 Å². The number of methoxy groups -OCH3 is 1. The van der Waals surface area contributed by atoms with Crippen molar-refractivity contribution in [3.8, 4) is 39.4 Å². The maximum Gasteiger partial charge on any atom is 0.555 e. The average Bonchev–Trinajstić information content (AvgIpc) is 4.15. The van der Waals surface area contributed by atoms with Crippen LogP contribution in [-0.2, 0) is 34.9 Å². The monoisotopic (exact) mass is 914 g/mol. The van der Waals surface area contributed by atoms with Gasteiger partial charge in [0.1, 0.15) is 29.5 Å². The number of alkyl carbamates (subject to hydrolysis) is 1. The van der Waals surface area contributed by atoms with Crippen LogP contribution in [0.3, 0.4) is 0 Å². The van der Waals surface area contributed by atoms with E-state index in [4.69, 9.17) is 14.4 Å². The van der Waals surface area contributed by atoms with E-state index in [2.05, 4.69) is 40.1 Å². The van der Waals surface area contributed by atoms with Crippen molar-refractivity contribution in [2.24, 2.45) is 5.92 Å². The fourth-order valence-corrected chi connectivity index (χ4v) is 8.81. The minimum Gasteiger partial charge on any atom is -0.465 e. The summed E-state index contributed by atoms with van der Waals surface area (Å²) in [4.78, 5) is 84.5. The number of carbonyl (C=O) groups is 4. The standard InChI is InChI=1S/C44H51N8O12P/c1-26(2)38(50-43(56)57)42(55)52-21-5-7-37(52)40-46-24-35(48-40)31-16-12-29(13-17-31)28-10-14-30(15-11-28)34-23-45-39(47-34)36-6-4-20-51(36)41(54)33(49-44(58)61-3)22-27-8-18-32(19-9-27)63-65(59,60)64-62-25-53/h8-19,23-24,26,33,36-38,50,53H,4-7,20-22,25H2,1-3H3,(H,45,47)(H,46,48)(H,49,58)(H,56,57)(H,59,60)/t33-,36-,37-,38-/m0/s1. The molecule has 4 heterocycles. The van der Waals surface area contributed by atoms with E-state index in [1.54, 1.807) is 34.3 Å². The van der Waals surface area contributed by atoms with Crippen LogP contribution in [0.15, 0.2) is 85.2 Å². The second-order valence-electron chi connectivity index (χ2n) is 16.0. The van der Waals surface area contributed by atoms with Crippen molar-refractivity contribution in [3.63, 3.8) is 0 Å². The number of aromatic amines is 2. The van der Waals surface area contributed by atoms with Gasteiger partial charge in [-0.05, 0) is 71.6 Å². The van der Waals surface area contributed by atoms with Gasteiger partial charge in [0.25, 0.3) is 0 Å². The lowest BCUT2D eigenvalue weighted by atomic mass is 10.0. The molecule has 20 nitrogen and oxygen atoms in total. The van der Waals surface area contributed by atoms with E-state index in [0.717, 1.165) is 52.9 Å². The number of nitrogens with zero attached hydrogens (tertiary/aromatic N) is 4. The van der Waals surface area contributed by atoms with Crippen molar-refractivity contribution >= 4 is 31.8 Å². The zero-order valence-electron chi connectivity index (χ0n) is 35.9. The van der Waals surface area contributed by atoms with Gasteiger partial charge in [-0.1, -0.05) is 74.5 Å². The fraction of sp³-hybridized carbons (Fsp3) is 0.364. The van der Waals surface area contributed by atoms with Crippen LogP contribution in [0.2, 0.25) is 0 Å². The van der Waals surface area contributed by atoms with Gasteiger partial charge in [-0.2, -0.15) is 4.89 Å². The van der Waals surface area contributed by atoms with E-state index in [1.165, 1.54) is 19.2 Å². The number of imidazole rings is 2. The largest absolute Gasteiger partial charge is 0.555 e. The Balaban J connectivity index is 0.987. The average molecular weight is 915 g/mol. The highest BCUT2D eigenvalue weighted by Crippen LogP contribution is 2.44. The number of rotatable bonds is 17. The first kappa shape index (κ1) is 46.4. The summed E-state index contributed by atoms with van der Waals surface area (Å²) in [5.74, 6) is 0.424. The first-order valence-electron chi connectivity index (χ1n) is 21.0. The van der Waals surface area contributed by atoms with Crippen LogP contribution in [-0.4, -0.2) is 108 Å². The smallest absolute Gasteiger partial charge is 0.465 e. The van der Waals surface area contributed by atoms with E-state index < -0.39 is 38.9 Å². The molecule has 2 fully saturated rings. The van der Waals surface area contributed by atoms with Gasteiger partial charge in [0.2, 0.25) is 11.8 Å². The Kier molecular flexibility index (Phi) is 14.6. The molecule has 2 saturated heterocycles. The Morgan fingerprint density at radius 2 is 1.29 bits per heavy atom. The van der Waals surface area contributed by atoms with Crippen LogP contribution < -0.4 is 15.2 Å². The number of carbonyl (C=O) groups excluding carboxylic acids is 3. The molecule has 2 aliphatic rings. The Bertz CT molecular complexity index is 2500. The second-order valence-corrected chi connectivity index (χ2v) is 17.3. The zero-order chi connectivity index (χ0) is 46.3. The minimum atomic E-state index is -4.66. The summed E-state index contributed by atoms with van der Waals surface area (Å²) in [6, 6.07) is 19.4. The van der Waals surface area contributed by atoms with Crippen molar-refractivity contribution in [2.45, 2.75) is 70.1 Å². The molecule has 0 radical (unpaired) electrons. The van der Waals surface area contributed by atoms with Crippen LogP contribution in [0.4, 0.5) is 9.59 Å². The van der Waals surface area contributed by atoms with Crippen molar-refractivity contribution < 1.29 is 57.7 Å². The summed E-state index contributed by atoms with van der Waals surface area (Å²) in [7, 11) is -3.46. The van der Waals surface area contributed by atoms with E-state index in [1.807, 2.05) is 62.4 Å². The molecule has 4 amide bonds. The van der Waals surface area contributed by atoms with E-state index in [-0.39, 0.29) is 42.0 Å². The number of likely N-dealkylation sites (tertiary alicyclic amines) is 2. The quantitative estimate of drug-likeness (QED) is 0.0241. The molecule has 21 heteroatoms. The van der Waals surface area contributed by atoms with Gasteiger partial charge < -0.3 is 49.9 Å². The number of amides is 4. The molecule has 344 valence electrons. The number of H-pyrrole nitrogens is 2. The molecule has 5 atom stereocenters. The number of ether oxygens (including phenoxy) is 1. The lowest BCUT2D eigenvalue weighted by Gasteiger charge is -2.29. The summed E-state index contributed by atoms with van der Waals surface area (Å²) < 4.78 is 25.8. The van der Waals surface area contributed by atoms with Gasteiger partial charge in [-0.25, -0.2) is 24.1 Å². The van der Waals surface area contributed by atoms with E-state index >= 15 is 0 Å². The maximum absolute atomic E-state index is 14.1. The number of phosphoric acid groups is 1. The first-order chi connectivity index (χ1) is 31.2. The third-order valence-corrected chi connectivity index (χ3v) is 12.1. The predicted molar refractivity (Wildman–Crippen MR) is 233 cm³/mol.